The van der Waals surface area contributed by atoms with E-state index in [2.05, 4.69) is 12.8 Å². The smallest absolute Gasteiger partial charge is 0.0200 e. The summed E-state index contributed by atoms with van der Waals surface area (Å²) < 4.78 is 0. The van der Waals surface area contributed by atoms with Crippen molar-refractivity contribution in [1.82, 2.24) is 0 Å². The fraction of sp³-hybridized carbons (Fsp3) is 0.800. The number of terminal acetylenes is 1. The summed E-state index contributed by atoms with van der Waals surface area (Å²) >= 11 is 0. The molecule has 1 saturated carbocycles. The average molecular weight is 137 g/mol. The van der Waals surface area contributed by atoms with Crippen LogP contribution in [-0.2, 0) is 0 Å². The standard InChI is InChI=1S/C10H16.H/c1-3-10-6-4-5-9(2)7-8-10;/h1,9-10H,4-8H2,2H3;. The highest BCUT2D eigenvalue weighted by Crippen LogP contribution is 2.25. The largest absolute Gasteiger partial charge is 0.120 e. The summed E-state index contributed by atoms with van der Waals surface area (Å²) in [5.41, 5.74) is 0. The van der Waals surface area contributed by atoms with Crippen molar-refractivity contribution in [3.05, 3.63) is 0 Å². The average Bonchev–Trinajstić information content (AvgIpc) is 2.14. The normalized spacial score (nSPS) is 34.4. The molecule has 10 heavy (non-hydrogen) atoms. The van der Waals surface area contributed by atoms with E-state index in [1.54, 1.807) is 0 Å². The van der Waals surface area contributed by atoms with E-state index in [9.17, 15) is 0 Å². The Kier molecular flexibility index (Phi) is 2.81. The summed E-state index contributed by atoms with van der Waals surface area (Å²) in [6, 6.07) is 0. The summed E-state index contributed by atoms with van der Waals surface area (Å²) in [5, 5.41) is 0. The van der Waals surface area contributed by atoms with Gasteiger partial charge in [0.25, 0.3) is 0 Å². The van der Waals surface area contributed by atoms with Crippen molar-refractivity contribution < 1.29 is 1.43 Å². The summed E-state index contributed by atoms with van der Waals surface area (Å²) in [6.07, 6.45) is 12.0. The van der Waals surface area contributed by atoms with Gasteiger partial charge in [0.1, 0.15) is 0 Å². The third-order valence-corrected chi connectivity index (χ3v) is 2.49. The predicted octanol–water partition coefficient (Wildman–Crippen LogP) is 2.95. The topological polar surface area (TPSA) is 0 Å². The van der Waals surface area contributed by atoms with Crippen LogP contribution in [-0.4, -0.2) is 0 Å². The van der Waals surface area contributed by atoms with Crippen molar-refractivity contribution in [3.8, 4) is 12.3 Å². The molecule has 1 aliphatic rings. The molecule has 0 aromatic rings. The Morgan fingerprint density at radius 1 is 1.30 bits per heavy atom. The van der Waals surface area contributed by atoms with E-state index >= 15 is 0 Å². The number of rotatable bonds is 0. The minimum Gasteiger partial charge on any atom is -0.120 e. The van der Waals surface area contributed by atoms with Crippen LogP contribution < -0.4 is 0 Å². The molecule has 0 bridgehead atoms. The van der Waals surface area contributed by atoms with Gasteiger partial charge in [0.15, 0.2) is 0 Å². The van der Waals surface area contributed by atoms with Gasteiger partial charge in [-0.3, -0.25) is 0 Å². The van der Waals surface area contributed by atoms with E-state index in [1.165, 1.54) is 32.1 Å². The van der Waals surface area contributed by atoms with Crippen LogP contribution in [0.4, 0.5) is 0 Å². The molecule has 2 unspecified atom stereocenters. The molecule has 0 aliphatic heterocycles. The molecule has 0 spiro atoms. The summed E-state index contributed by atoms with van der Waals surface area (Å²) in [4.78, 5) is 0. The maximum absolute atomic E-state index is 5.37. The second-order valence-corrected chi connectivity index (χ2v) is 3.48. The van der Waals surface area contributed by atoms with Crippen molar-refractivity contribution in [2.24, 2.45) is 11.8 Å². The third-order valence-electron chi connectivity index (χ3n) is 2.49. The van der Waals surface area contributed by atoms with Crippen molar-refractivity contribution in [2.45, 2.75) is 39.0 Å². The Morgan fingerprint density at radius 2 is 2.10 bits per heavy atom. The molecule has 57 valence electrons. The van der Waals surface area contributed by atoms with E-state index in [1.807, 2.05) is 0 Å². The summed E-state index contributed by atoms with van der Waals surface area (Å²) in [7, 11) is 0. The molecule has 2 atom stereocenters. The highest BCUT2D eigenvalue weighted by molar-refractivity contribution is 4.93. The monoisotopic (exact) mass is 137 g/mol. The zero-order valence-electron chi connectivity index (χ0n) is 7.77. The van der Waals surface area contributed by atoms with Crippen molar-refractivity contribution in [3.63, 3.8) is 0 Å². The predicted molar refractivity (Wildman–Crippen MR) is 45.7 cm³/mol. The first kappa shape index (κ1) is 7.66. The highest BCUT2D eigenvalue weighted by Gasteiger charge is 2.13. The third kappa shape index (κ3) is 2.06. The maximum Gasteiger partial charge on any atom is 0.0200 e. The van der Waals surface area contributed by atoms with Crippen LogP contribution in [0.3, 0.4) is 0 Å². The van der Waals surface area contributed by atoms with E-state index in [-0.39, 0.29) is 1.43 Å². The molecule has 1 rings (SSSR count). The first-order valence-electron chi connectivity index (χ1n) is 4.29. The molecule has 0 heteroatoms. The first-order valence-corrected chi connectivity index (χ1v) is 4.29. The molecule has 0 nitrogen and oxygen atoms in total. The summed E-state index contributed by atoms with van der Waals surface area (Å²) in [5.74, 6) is 4.37. The Morgan fingerprint density at radius 3 is 2.80 bits per heavy atom. The molecule has 0 N–H and O–H groups in total. The minimum atomic E-state index is 0. The highest BCUT2D eigenvalue weighted by atomic mass is 14.2. The molecular weight excluding hydrogens is 120 g/mol. The lowest BCUT2D eigenvalue weighted by molar-refractivity contribution is 0.497. The van der Waals surface area contributed by atoms with Crippen LogP contribution >= 0.6 is 0 Å². The van der Waals surface area contributed by atoms with Crippen LogP contribution in [0.2, 0.25) is 0 Å². The van der Waals surface area contributed by atoms with Gasteiger partial charge in [0.2, 0.25) is 0 Å². The Bertz CT molecular complexity index is 134. The second kappa shape index (κ2) is 3.66. The molecule has 1 radical (unpaired) electrons. The Labute approximate surface area is 65.5 Å². The van der Waals surface area contributed by atoms with Crippen LogP contribution in [0.1, 0.15) is 40.5 Å². The van der Waals surface area contributed by atoms with Gasteiger partial charge in [-0.05, 0) is 25.2 Å². The van der Waals surface area contributed by atoms with Crippen molar-refractivity contribution in [1.29, 1.82) is 0 Å². The molecular formula is C10H17. The van der Waals surface area contributed by atoms with Gasteiger partial charge in [-0.1, -0.05) is 19.8 Å². The van der Waals surface area contributed by atoms with Gasteiger partial charge in [-0.25, -0.2) is 0 Å². The molecule has 0 saturated heterocycles. The lowest BCUT2D eigenvalue weighted by Crippen LogP contribution is -1.94. The first-order chi connectivity index (χ1) is 4.83. The van der Waals surface area contributed by atoms with E-state index < -0.39 is 0 Å². The SMILES string of the molecule is C#CC1CCCC(C)CC1.[H]. The van der Waals surface area contributed by atoms with Crippen molar-refractivity contribution >= 4 is 0 Å². The molecule has 1 fully saturated rings. The number of hydrogen-bond donors (Lipinski definition) is 0. The molecule has 0 heterocycles. The van der Waals surface area contributed by atoms with Gasteiger partial charge < -0.3 is 0 Å². The molecule has 1 aliphatic carbocycles. The van der Waals surface area contributed by atoms with E-state index in [0.29, 0.717) is 5.92 Å². The van der Waals surface area contributed by atoms with E-state index in [4.69, 9.17) is 6.42 Å². The van der Waals surface area contributed by atoms with Crippen molar-refractivity contribution in [2.75, 3.05) is 0 Å². The zero-order valence-corrected chi connectivity index (χ0v) is 6.77. The lowest BCUT2D eigenvalue weighted by Gasteiger charge is -2.04. The maximum atomic E-state index is 5.37. The number of hydrogen-bond acceptors (Lipinski definition) is 0. The van der Waals surface area contributed by atoms with Gasteiger partial charge in [-0.2, -0.15) is 0 Å². The quantitative estimate of drug-likeness (QED) is 0.356. The Hall–Kier alpha value is -0.440. The van der Waals surface area contributed by atoms with Gasteiger partial charge in [-0.15, -0.1) is 12.3 Å². The molecule has 0 amide bonds. The fourth-order valence-corrected chi connectivity index (χ4v) is 1.65. The lowest BCUT2D eigenvalue weighted by atomic mass is 10.0. The second-order valence-electron chi connectivity index (χ2n) is 3.48. The molecule has 0 aromatic carbocycles. The summed E-state index contributed by atoms with van der Waals surface area (Å²) in [6.45, 7) is 2.33. The van der Waals surface area contributed by atoms with Crippen LogP contribution in [0.15, 0.2) is 0 Å². The van der Waals surface area contributed by atoms with Gasteiger partial charge in [0, 0.05) is 7.34 Å². The van der Waals surface area contributed by atoms with Gasteiger partial charge >= 0.3 is 0 Å². The Balaban J connectivity index is 0.000001000. The zero-order chi connectivity index (χ0) is 7.40. The molecule has 0 aromatic heterocycles. The minimum absolute atomic E-state index is 0. The van der Waals surface area contributed by atoms with Gasteiger partial charge in [0.05, 0.1) is 0 Å². The fourth-order valence-electron chi connectivity index (χ4n) is 1.65. The van der Waals surface area contributed by atoms with Crippen LogP contribution in [0.5, 0.6) is 0 Å². The van der Waals surface area contributed by atoms with E-state index in [0.717, 1.165) is 5.92 Å². The van der Waals surface area contributed by atoms with Crippen LogP contribution in [0.25, 0.3) is 0 Å². The van der Waals surface area contributed by atoms with Crippen LogP contribution in [0, 0.1) is 24.2 Å².